The van der Waals surface area contributed by atoms with E-state index in [4.69, 9.17) is 0 Å². The van der Waals surface area contributed by atoms with Crippen LogP contribution in [0.3, 0.4) is 0 Å². The van der Waals surface area contributed by atoms with Crippen LogP contribution in [0, 0.1) is 5.92 Å². The van der Waals surface area contributed by atoms with Gasteiger partial charge in [0, 0.05) is 20.1 Å². The molecule has 0 radical (unpaired) electrons. The van der Waals surface area contributed by atoms with Crippen molar-refractivity contribution in [2.75, 3.05) is 26.7 Å². The monoisotopic (exact) mass is 238 g/mol. The number of carbonyl (C=O) groups excluding carboxylic acids is 1. The van der Waals surface area contributed by atoms with Crippen molar-refractivity contribution in [2.24, 2.45) is 5.92 Å². The van der Waals surface area contributed by atoms with E-state index in [9.17, 15) is 18.0 Å². The maximum atomic E-state index is 12.1. The zero-order chi connectivity index (χ0) is 12.3. The predicted molar refractivity (Wildman–Crippen MR) is 54.1 cm³/mol. The van der Waals surface area contributed by atoms with Gasteiger partial charge < -0.3 is 9.80 Å². The van der Waals surface area contributed by atoms with Crippen molar-refractivity contribution in [1.29, 1.82) is 0 Å². The summed E-state index contributed by atoms with van der Waals surface area (Å²) in [5.74, 6) is 0.553. The predicted octanol–water partition coefficient (Wildman–Crippen LogP) is 2.33. The molecule has 1 saturated heterocycles. The Labute approximate surface area is 93.2 Å². The average Bonchev–Trinajstić information content (AvgIpc) is 2.15. The molecule has 0 spiro atoms. The summed E-state index contributed by atoms with van der Waals surface area (Å²) in [4.78, 5) is 13.9. The summed E-state index contributed by atoms with van der Waals surface area (Å²) in [5, 5.41) is 0. The molecule has 0 aromatic heterocycles. The summed E-state index contributed by atoms with van der Waals surface area (Å²) in [7, 11) is 1.19. The molecule has 0 unspecified atom stereocenters. The van der Waals surface area contributed by atoms with Crippen molar-refractivity contribution in [3.05, 3.63) is 0 Å². The second-order valence-electron chi connectivity index (χ2n) is 4.42. The van der Waals surface area contributed by atoms with Crippen LogP contribution in [0.5, 0.6) is 0 Å². The molecule has 0 bridgehead atoms. The maximum absolute atomic E-state index is 12.1. The third-order valence-electron chi connectivity index (χ3n) is 2.80. The fourth-order valence-corrected chi connectivity index (χ4v) is 1.78. The zero-order valence-corrected chi connectivity index (χ0v) is 9.55. The van der Waals surface area contributed by atoms with Crippen LogP contribution in [-0.2, 0) is 0 Å². The lowest BCUT2D eigenvalue weighted by Crippen LogP contribution is -2.47. The minimum absolute atomic E-state index is 0.524. The van der Waals surface area contributed by atoms with Gasteiger partial charge in [-0.2, -0.15) is 13.2 Å². The van der Waals surface area contributed by atoms with Crippen molar-refractivity contribution in [3.8, 4) is 0 Å². The van der Waals surface area contributed by atoms with Crippen LogP contribution in [0.25, 0.3) is 0 Å². The minimum atomic E-state index is -4.33. The van der Waals surface area contributed by atoms with Gasteiger partial charge in [0.25, 0.3) is 0 Å². The largest absolute Gasteiger partial charge is 0.406 e. The first-order chi connectivity index (χ1) is 7.29. The van der Waals surface area contributed by atoms with Crippen LogP contribution < -0.4 is 0 Å². The lowest BCUT2D eigenvalue weighted by atomic mass is 10.00. The molecule has 1 heterocycles. The number of urea groups is 1. The van der Waals surface area contributed by atoms with Crippen molar-refractivity contribution < 1.29 is 18.0 Å². The Balaban J connectivity index is 2.45. The lowest BCUT2D eigenvalue weighted by Gasteiger charge is -2.33. The number of hydrogen-bond donors (Lipinski definition) is 0. The smallest absolute Gasteiger partial charge is 0.325 e. The summed E-state index contributed by atoms with van der Waals surface area (Å²) in [5.41, 5.74) is 0. The van der Waals surface area contributed by atoms with Gasteiger partial charge in [-0.25, -0.2) is 4.79 Å². The third-order valence-corrected chi connectivity index (χ3v) is 2.80. The number of alkyl halides is 3. The van der Waals surface area contributed by atoms with Gasteiger partial charge in [0.2, 0.25) is 0 Å². The molecule has 1 aliphatic heterocycles. The normalized spacial score (nSPS) is 18.7. The van der Waals surface area contributed by atoms with Gasteiger partial charge in [0.15, 0.2) is 0 Å². The maximum Gasteiger partial charge on any atom is 0.406 e. The fourth-order valence-electron chi connectivity index (χ4n) is 1.78. The van der Waals surface area contributed by atoms with Crippen molar-refractivity contribution in [1.82, 2.24) is 9.80 Å². The molecule has 94 valence electrons. The second kappa shape index (κ2) is 4.93. The SMILES string of the molecule is CC1CCN(C(=O)N(C)CC(F)(F)F)CC1. The first-order valence-corrected chi connectivity index (χ1v) is 5.36. The molecular formula is C10H17F3N2O. The molecule has 1 rings (SSSR count). The van der Waals surface area contributed by atoms with Crippen molar-refractivity contribution >= 4 is 6.03 Å². The van der Waals surface area contributed by atoms with Gasteiger partial charge in [-0.1, -0.05) is 6.92 Å². The van der Waals surface area contributed by atoms with Crippen LogP contribution in [0.15, 0.2) is 0 Å². The Morgan fingerprint density at radius 3 is 2.31 bits per heavy atom. The first-order valence-electron chi connectivity index (χ1n) is 5.36. The Morgan fingerprint density at radius 2 is 1.88 bits per heavy atom. The lowest BCUT2D eigenvalue weighted by molar-refractivity contribution is -0.138. The molecule has 0 aromatic carbocycles. The Kier molecular flexibility index (Phi) is 4.04. The van der Waals surface area contributed by atoms with Crippen LogP contribution in [0.4, 0.5) is 18.0 Å². The van der Waals surface area contributed by atoms with E-state index in [-0.39, 0.29) is 0 Å². The number of hydrogen-bond acceptors (Lipinski definition) is 1. The second-order valence-corrected chi connectivity index (χ2v) is 4.42. The summed E-state index contributed by atoms with van der Waals surface area (Å²) in [6, 6.07) is -0.524. The Hall–Kier alpha value is -0.940. The fraction of sp³-hybridized carbons (Fsp3) is 0.900. The van der Waals surface area contributed by atoms with E-state index in [2.05, 4.69) is 6.92 Å². The van der Waals surface area contributed by atoms with Gasteiger partial charge in [-0.15, -0.1) is 0 Å². The minimum Gasteiger partial charge on any atom is -0.325 e. The molecular weight excluding hydrogens is 221 g/mol. The number of likely N-dealkylation sites (tertiary alicyclic amines) is 1. The number of piperidine rings is 1. The topological polar surface area (TPSA) is 23.6 Å². The number of nitrogens with zero attached hydrogens (tertiary/aromatic N) is 2. The highest BCUT2D eigenvalue weighted by Crippen LogP contribution is 2.19. The zero-order valence-electron chi connectivity index (χ0n) is 9.55. The molecule has 2 amide bonds. The van der Waals surface area contributed by atoms with Gasteiger partial charge in [-0.3, -0.25) is 0 Å². The molecule has 16 heavy (non-hydrogen) atoms. The van der Waals surface area contributed by atoms with Crippen LogP contribution in [-0.4, -0.2) is 48.7 Å². The summed E-state index contributed by atoms with van der Waals surface area (Å²) < 4.78 is 36.2. The molecule has 1 aliphatic rings. The highest BCUT2D eigenvalue weighted by Gasteiger charge is 2.33. The summed E-state index contributed by atoms with van der Waals surface area (Å²) >= 11 is 0. The average molecular weight is 238 g/mol. The van der Waals surface area contributed by atoms with Gasteiger partial charge in [0.05, 0.1) is 0 Å². The standard InChI is InChI=1S/C10H17F3N2O/c1-8-3-5-15(6-4-8)9(16)14(2)7-10(11,12)13/h8H,3-7H2,1-2H3. The quantitative estimate of drug-likeness (QED) is 0.687. The molecule has 0 saturated carbocycles. The molecule has 0 aromatic rings. The number of amides is 2. The highest BCUT2D eigenvalue weighted by molar-refractivity contribution is 5.74. The molecule has 0 aliphatic carbocycles. The van der Waals surface area contributed by atoms with E-state index < -0.39 is 18.8 Å². The van der Waals surface area contributed by atoms with Crippen molar-refractivity contribution in [3.63, 3.8) is 0 Å². The molecule has 3 nitrogen and oxygen atoms in total. The number of rotatable bonds is 1. The van der Waals surface area contributed by atoms with E-state index in [1.807, 2.05) is 0 Å². The Bertz CT molecular complexity index is 247. The van der Waals surface area contributed by atoms with Gasteiger partial charge >= 0.3 is 12.2 Å². The van der Waals surface area contributed by atoms with Crippen LogP contribution in [0.1, 0.15) is 19.8 Å². The summed E-state index contributed by atoms with van der Waals surface area (Å²) in [6.07, 6.45) is -2.59. The molecule has 1 fully saturated rings. The van der Waals surface area contributed by atoms with Gasteiger partial charge in [-0.05, 0) is 18.8 Å². The van der Waals surface area contributed by atoms with Gasteiger partial charge in [0.1, 0.15) is 6.54 Å². The number of halogens is 3. The van der Waals surface area contributed by atoms with E-state index in [0.29, 0.717) is 19.0 Å². The summed E-state index contributed by atoms with van der Waals surface area (Å²) in [6.45, 7) is 2.02. The Morgan fingerprint density at radius 1 is 1.38 bits per heavy atom. The van der Waals surface area contributed by atoms with Crippen LogP contribution in [0.2, 0.25) is 0 Å². The van der Waals surface area contributed by atoms with E-state index >= 15 is 0 Å². The van der Waals surface area contributed by atoms with Crippen molar-refractivity contribution in [2.45, 2.75) is 25.9 Å². The molecule has 0 atom stereocenters. The third kappa shape index (κ3) is 3.90. The first kappa shape index (κ1) is 13.1. The molecule has 0 N–H and O–H groups in total. The highest BCUT2D eigenvalue weighted by atomic mass is 19.4. The number of carbonyl (C=O) groups is 1. The molecule has 6 heteroatoms. The van der Waals surface area contributed by atoms with E-state index in [0.717, 1.165) is 17.7 Å². The van der Waals surface area contributed by atoms with E-state index in [1.165, 1.54) is 11.9 Å². The van der Waals surface area contributed by atoms with Crippen LogP contribution >= 0.6 is 0 Å². The van der Waals surface area contributed by atoms with E-state index in [1.54, 1.807) is 0 Å².